The summed E-state index contributed by atoms with van der Waals surface area (Å²) >= 11 is 0. The molecule has 0 amide bonds. The summed E-state index contributed by atoms with van der Waals surface area (Å²) in [5.41, 5.74) is 3.07. The highest BCUT2D eigenvalue weighted by Gasteiger charge is 2.22. The molecule has 0 saturated carbocycles. The van der Waals surface area contributed by atoms with E-state index in [0.717, 1.165) is 0 Å². The summed E-state index contributed by atoms with van der Waals surface area (Å²) in [7, 11) is 4.32. The molecule has 1 atom stereocenters. The van der Waals surface area contributed by atoms with Crippen LogP contribution in [0.25, 0.3) is 0 Å². The smallest absolute Gasteiger partial charge is 0.0347 e. The van der Waals surface area contributed by atoms with Gasteiger partial charge in [0.15, 0.2) is 0 Å². The van der Waals surface area contributed by atoms with Crippen molar-refractivity contribution in [3.05, 3.63) is 35.4 Å². The Morgan fingerprint density at radius 2 is 1.92 bits per heavy atom. The van der Waals surface area contributed by atoms with E-state index in [2.05, 4.69) is 43.3 Å². The average Bonchev–Trinajstić information content (AvgIpc) is 2.47. The van der Waals surface area contributed by atoms with E-state index in [0.29, 0.717) is 6.04 Å². The first kappa shape index (κ1) is 10.6. The van der Waals surface area contributed by atoms with Crippen molar-refractivity contribution in [1.29, 1.82) is 0 Å². The second kappa shape index (κ2) is 4.12. The summed E-state index contributed by atoms with van der Waals surface area (Å²) in [6.07, 6.45) is 2.53. The highest BCUT2D eigenvalue weighted by atomic mass is 35.5. The van der Waals surface area contributed by atoms with Crippen molar-refractivity contribution in [2.24, 2.45) is 0 Å². The quantitative estimate of drug-likeness (QED) is 0.669. The van der Waals surface area contributed by atoms with E-state index in [4.69, 9.17) is 0 Å². The molecule has 2 rings (SSSR count). The van der Waals surface area contributed by atoms with Crippen LogP contribution in [0.5, 0.6) is 0 Å². The molecule has 0 bridgehead atoms. The Morgan fingerprint density at radius 1 is 1.23 bits per heavy atom. The first-order chi connectivity index (χ1) is 5.79. The number of fused-ring (bicyclic) bond motifs is 1. The van der Waals surface area contributed by atoms with Gasteiger partial charge in [-0.1, -0.05) is 24.3 Å². The van der Waals surface area contributed by atoms with Gasteiger partial charge in [0.1, 0.15) is 0 Å². The Balaban J connectivity index is 0.000000845. The van der Waals surface area contributed by atoms with Crippen molar-refractivity contribution in [1.82, 2.24) is 4.90 Å². The summed E-state index contributed by atoms with van der Waals surface area (Å²) in [4.78, 5) is 2.31. The van der Waals surface area contributed by atoms with Crippen LogP contribution in [0.15, 0.2) is 24.3 Å². The van der Waals surface area contributed by atoms with Crippen molar-refractivity contribution < 1.29 is 0 Å². The van der Waals surface area contributed by atoms with Crippen molar-refractivity contribution in [3.8, 4) is 0 Å². The average molecular weight is 198 g/mol. The Labute approximate surface area is 86.2 Å². The van der Waals surface area contributed by atoms with Crippen LogP contribution in [-0.2, 0) is 6.42 Å². The number of benzene rings is 1. The highest BCUT2D eigenvalue weighted by molar-refractivity contribution is 5.85. The minimum absolute atomic E-state index is 0. The largest absolute Gasteiger partial charge is 0.302 e. The summed E-state index contributed by atoms with van der Waals surface area (Å²) in [6, 6.07) is 9.44. The molecule has 1 aliphatic carbocycles. The van der Waals surface area contributed by atoms with Gasteiger partial charge in [-0.2, -0.15) is 0 Å². The molecule has 1 aliphatic rings. The number of hydrogen-bond acceptors (Lipinski definition) is 1. The van der Waals surface area contributed by atoms with E-state index < -0.39 is 0 Å². The van der Waals surface area contributed by atoms with Crippen LogP contribution in [0.3, 0.4) is 0 Å². The van der Waals surface area contributed by atoms with Crippen LogP contribution >= 0.6 is 12.4 Å². The Hall–Kier alpha value is -0.530. The molecule has 13 heavy (non-hydrogen) atoms. The van der Waals surface area contributed by atoms with E-state index in [1.165, 1.54) is 24.0 Å². The molecule has 0 heterocycles. The molecule has 2 heteroatoms. The highest BCUT2D eigenvalue weighted by Crippen LogP contribution is 2.33. The molecular weight excluding hydrogens is 182 g/mol. The van der Waals surface area contributed by atoms with Gasteiger partial charge in [-0.05, 0) is 38.1 Å². The molecule has 0 radical (unpaired) electrons. The number of nitrogens with zero attached hydrogens (tertiary/aromatic N) is 1. The lowest BCUT2D eigenvalue weighted by molar-refractivity contribution is 0.299. The second-order valence-corrected chi connectivity index (χ2v) is 3.72. The van der Waals surface area contributed by atoms with E-state index >= 15 is 0 Å². The number of hydrogen-bond donors (Lipinski definition) is 0. The van der Waals surface area contributed by atoms with Gasteiger partial charge in [-0.3, -0.25) is 0 Å². The summed E-state index contributed by atoms with van der Waals surface area (Å²) in [6.45, 7) is 0. The fraction of sp³-hybridized carbons (Fsp3) is 0.455. The molecule has 0 saturated heterocycles. The first-order valence-corrected chi connectivity index (χ1v) is 4.53. The molecular formula is C11H16ClN. The van der Waals surface area contributed by atoms with Crippen LogP contribution in [-0.4, -0.2) is 19.0 Å². The van der Waals surface area contributed by atoms with Gasteiger partial charge in [0, 0.05) is 6.04 Å². The van der Waals surface area contributed by atoms with Crippen LogP contribution in [0, 0.1) is 0 Å². The van der Waals surface area contributed by atoms with Crippen molar-refractivity contribution in [2.75, 3.05) is 14.1 Å². The van der Waals surface area contributed by atoms with E-state index in [1.54, 1.807) is 0 Å². The molecule has 1 aromatic carbocycles. The summed E-state index contributed by atoms with van der Waals surface area (Å²) in [5, 5.41) is 0. The van der Waals surface area contributed by atoms with E-state index in [-0.39, 0.29) is 12.4 Å². The molecule has 72 valence electrons. The summed E-state index contributed by atoms with van der Waals surface area (Å²) < 4.78 is 0. The zero-order valence-electron chi connectivity index (χ0n) is 8.16. The van der Waals surface area contributed by atoms with E-state index in [1.807, 2.05) is 0 Å². The molecule has 1 unspecified atom stereocenters. The predicted octanol–water partition coefficient (Wildman–Crippen LogP) is 2.66. The van der Waals surface area contributed by atoms with E-state index in [9.17, 15) is 0 Å². The fourth-order valence-electron chi connectivity index (χ4n) is 2.07. The van der Waals surface area contributed by atoms with Crippen molar-refractivity contribution >= 4 is 12.4 Å². The Bertz CT molecular complexity index is 283. The van der Waals surface area contributed by atoms with Gasteiger partial charge in [0.2, 0.25) is 0 Å². The Kier molecular flexibility index (Phi) is 3.34. The van der Waals surface area contributed by atoms with Crippen LogP contribution < -0.4 is 0 Å². The van der Waals surface area contributed by atoms with Gasteiger partial charge in [0.25, 0.3) is 0 Å². The topological polar surface area (TPSA) is 3.24 Å². The van der Waals surface area contributed by atoms with Gasteiger partial charge in [0.05, 0.1) is 0 Å². The van der Waals surface area contributed by atoms with Gasteiger partial charge in [-0.15, -0.1) is 12.4 Å². The second-order valence-electron chi connectivity index (χ2n) is 3.72. The van der Waals surface area contributed by atoms with Gasteiger partial charge < -0.3 is 4.90 Å². The molecule has 0 fully saturated rings. The van der Waals surface area contributed by atoms with Gasteiger partial charge in [-0.25, -0.2) is 0 Å². The third-order valence-corrected chi connectivity index (χ3v) is 2.72. The lowest BCUT2D eigenvalue weighted by Gasteiger charge is -2.19. The van der Waals surface area contributed by atoms with Crippen LogP contribution in [0.2, 0.25) is 0 Å². The number of aryl methyl sites for hydroxylation is 1. The minimum Gasteiger partial charge on any atom is -0.302 e. The molecule has 1 nitrogen and oxygen atoms in total. The first-order valence-electron chi connectivity index (χ1n) is 4.53. The standard InChI is InChI=1S/C11H15N.ClH/c1-12(2)11-8-7-9-5-3-4-6-10(9)11;/h3-6,11H,7-8H2,1-2H3;1H. The van der Waals surface area contributed by atoms with Crippen LogP contribution in [0.4, 0.5) is 0 Å². The van der Waals surface area contributed by atoms with Crippen molar-refractivity contribution in [2.45, 2.75) is 18.9 Å². The molecule has 1 aromatic rings. The normalized spacial score (nSPS) is 19.8. The maximum absolute atomic E-state index is 2.31. The summed E-state index contributed by atoms with van der Waals surface area (Å²) in [5.74, 6) is 0. The molecule has 0 aliphatic heterocycles. The minimum atomic E-state index is 0. The third kappa shape index (κ3) is 1.87. The number of rotatable bonds is 1. The lowest BCUT2D eigenvalue weighted by Crippen LogP contribution is -2.17. The number of halogens is 1. The lowest BCUT2D eigenvalue weighted by atomic mass is 10.1. The van der Waals surface area contributed by atoms with Gasteiger partial charge >= 0.3 is 0 Å². The maximum Gasteiger partial charge on any atom is 0.0347 e. The third-order valence-electron chi connectivity index (χ3n) is 2.72. The predicted molar refractivity (Wildman–Crippen MR) is 58.4 cm³/mol. The fourth-order valence-corrected chi connectivity index (χ4v) is 2.07. The zero-order chi connectivity index (χ0) is 8.55. The molecule has 0 spiro atoms. The Morgan fingerprint density at radius 3 is 2.62 bits per heavy atom. The zero-order valence-corrected chi connectivity index (χ0v) is 8.97. The SMILES string of the molecule is CN(C)C1CCc2ccccc21.Cl. The van der Waals surface area contributed by atoms with Crippen LogP contribution in [0.1, 0.15) is 23.6 Å². The molecule has 0 N–H and O–H groups in total. The molecule has 0 aromatic heterocycles. The maximum atomic E-state index is 2.31. The van der Waals surface area contributed by atoms with Crippen molar-refractivity contribution in [3.63, 3.8) is 0 Å². The monoisotopic (exact) mass is 197 g/mol.